The Balaban J connectivity index is 1.76. The number of hydrogen-bond donors (Lipinski definition) is 0. The van der Waals surface area contributed by atoms with Crippen molar-refractivity contribution in [1.82, 2.24) is 4.40 Å². The van der Waals surface area contributed by atoms with Gasteiger partial charge < -0.3 is 0 Å². The van der Waals surface area contributed by atoms with Crippen molar-refractivity contribution in [3.63, 3.8) is 0 Å². The van der Waals surface area contributed by atoms with Crippen LogP contribution in [-0.4, -0.2) is 4.40 Å². The van der Waals surface area contributed by atoms with Crippen molar-refractivity contribution in [3.05, 3.63) is 71.1 Å². The highest BCUT2D eigenvalue weighted by atomic mass is 32.1. The average Bonchev–Trinajstić information content (AvgIpc) is 3.45. The van der Waals surface area contributed by atoms with Crippen LogP contribution in [0.15, 0.2) is 66.2 Å². The summed E-state index contributed by atoms with van der Waals surface area (Å²) in [6.45, 7) is 0. The summed E-state index contributed by atoms with van der Waals surface area (Å²) in [7, 11) is 0. The molecule has 4 aromatic heterocycles. The summed E-state index contributed by atoms with van der Waals surface area (Å²) in [5.74, 6) is 0. The topological polar surface area (TPSA) is 52.0 Å². The van der Waals surface area contributed by atoms with Gasteiger partial charge in [0.25, 0.3) is 0 Å². The number of pyridine rings is 1. The maximum Gasteiger partial charge on any atom is 0.131 e. The van der Waals surface area contributed by atoms with Gasteiger partial charge in [-0.15, -0.1) is 22.7 Å². The number of fused-ring (bicyclic) bond motifs is 8. The van der Waals surface area contributed by atoms with Crippen LogP contribution in [0.1, 0.15) is 4.88 Å². The normalized spacial score (nSPS) is 11.8. The fourth-order valence-electron chi connectivity index (χ4n) is 4.84. The molecule has 7 rings (SSSR count). The summed E-state index contributed by atoms with van der Waals surface area (Å²) in [6, 6.07) is 25.7. The van der Waals surface area contributed by atoms with Crippen LogP contribution >= 0.6 is 22.7 Å². The first-order valence-electron chi connectivity index (χ1n) is 9.82. The van der Waals surface area contributed by atoms with E-state index >= 15 is 0 Å². The summed E-state index contributed by atoms with van der Waals surface area (Å²) >= 11 is 3.43. The first-order valence-corrected chi connectivity index (χ1v) is 11.5. The van der Waals surface area contributed by atoms with E-state index in [1.54, 1.807) is 28.7 Å². The maximum atomic E-state index is 9.14. The van der Waals surface area contributed by atoms with Crippen molar-refractivity contribution >= 4 is 86.3 Å². The van der Waals surface area contributed by atoms with Crippen molar-refractivity contribution in [2.75, 3.05) is 0 Å². The molecule has 0 spiro atoms. The minimum Gasteiger partial charge on any atom is -0.299 e. The van der Waals surface area contributed by atoms with Crippen molar-refractivity contribution in [1.29, 1.82) is 10.5 Å². The summed E-state index contributed by atoms with van der Waals surface area (Å²) < 4.78 is 4.83. The van der Waals surface area contributed by atoms with E-state index in [0.29, 0.717) is 0 Å². The van der Waals surface area contributed by atoms with Crippen LogP contribution in [0, 0.1) is 22.7 Å². The average molecular weight is 430 g/mol. The van der Waals surface area contributed by atoms with Crippen LogP contribution in [0.25, 0.3) is 63.7 Å². The van der Waals surface area contributed by atoms with Crippen molar-refractivity contribution in [2.24, 2.45) is 0 Å². The summed E-state index contributed by atoms with van der Waals surface area (Å²) in [6.07, 6.45) is 1.68. The Morgan fingerprint density at radius 2 is 1.68 bits per heavy atom. The van der Waals surface area contributed by atoms with E-state index in [-0.39, 0.29) is 5.57 Å². The van der Waals surface area contributed by atoms with Crippen LogP contribution in [0.3, 0.4) is 0 Å². The first kappa shape index (κ1) is 16.8. The number of rotatable bonds is 1. The Bertz CT molecular complexity index is 1950. The Morgan fingerprint density at radius 3 is 2.55 bits per heavy atom. The predicted octanol–water partition coefficient (Wildman–Crippen LogP) is 7.70. The molecule has 0 radical (unpaired) electrons. The first-order chi connectivity index (χ1) is 15.3. The standard InChI is InChI=1S/C26H11N3S2/c27-12-14(13-28)10-16-11-21-25(30-16)23-19-6-3-4-15-8-9-18-17-5-1-2-7-20(17)29(26(23)31-21)24(18)22(15)19/h1-11H. The molecule has 0 aliphatic carbocycles. The van der Waals surface area contributed by atoms with Gasteiger partial charge >= 0.3 is 0 Å². The molecule has 0 fully saturated rings. The van der Waals surface area contributed by atoms with E-state index in [9.17, 15) is 0 Å². The van der Waals surface area contributed by atoms with Gasteiger partial charge in [0.2, 0.25) is 0 Å². The van der Waals surface area contributed by atoms with Crippen molar-refractivity contribution in [3.8, 4) is 12.1 Å². The lowest BCUT2D eigenvalue weighted by molar-refractivity contribution is 1.38. The lowest BCUT2D eigenvalue weighted by atomic mass is 10.0. The molecule has 0 amide bonds. The van der Waals surface area contributed by atoms with E-state index in [0.717, 1.165) is 4.88 Å². The zero-order chi connectivity index (χ0) is 20.7. The second-order valence-electron chi connectivity index (χ2n) is 7.62. The molecular weight excluding hydrogens is 418 g/mol. The molecule has 0 aliphatic heterocycles. The molecule has 0 atom stereocenters. The van der Waals surface area contributed by atoms with Gasteiger partial charge in [0.1, 0.15) is 22.5 Å². The Hall–Kier alpha value is -3.90. The number of aromatic nitrogens is 1. The minimum absolute atomic E-state index is 0.133. The Kier molecular flexibility index (Phi) is 3.17. The molecular formula is C26H11N3S2. The molecule has 0 unspecified atom stereocenters. The predicted molar refractivity (Wildman–Crippen MR) is 131 cm³/mol. The summed E-state index contributed by atoms with van der Waals surface area (Å²) in [5, 5.41) is 25.9. The van der Waals surface area contributed by atoms with Gasteiger partial charge in [0.05, 0.1) is 15.7 Å². The molecule has 3 aromatic carbocycles. The molecule has 7 aromatic rings. The third kappa shape index (κ3) is 2.04. The quantitative estimate of drug-likeness (QED) is 0.251. The van der Waals surface area contributed by atoms with E-state index < -0.39 is 0 Å². The van der Waals surface area contributed by atoms with Crippen LogP contribution < -0.4 is 0 Å². The number of nitrogens with zero attached hydrogens (tertiary/aromatic N) is 3. The van der Waals surface area contributed by atoms with Gasteiger partial charge in [-0.25, -0.2) is 0 Å². The molecule has 5 heteroatoms. The molecule has 0 saturated heterocycles. The van der Waals surface area contributed by atoms with E-state index in [1.165, 1.54) is 57.6 Å². The van der Waals surface area contributed by atoms with Gasteiger partial charge in [-0.05, 0) is 29.0 Å². The fourth-order valence-corrected chi connectivity index (χ4v) is 7.47. The molecule has 31 heavy (non-hydrogen) atoms. The molecule has 0 N–H and O–H groups in total. The molecule has 0 saturated carbocycles. The highest BCUT2D eigenvalue weighted by Crippen LogP contribution is 2.48. The highest BCUT2D eigenvalue weighted by molar-refractivity contribution is 7.33. The third-order valence-electron chi connectivity index (χ3n) is 6.04. The number of benzene rings is 3. The van der Waals surface area contributed by atoms with Crippen LogP contribution in [0.4, 0.5) is 0 Å². The third-order valence-corrected chi connectivity index (χ3v) is 8.39. The fraction of sp³-hybridized carbons (Fsp3) is 0. The monoisotopic (exact) mass is 429 g/mol. The number of thiophene rings is 2. The minimum atomic E-state index is 0.133. The highest BCUT2D eigenvalue weighted by Gasteiger charge is 2.21. The largest absolute Gasteiger partial charge is 0.299 e. The number of para-hydroxylation sites is 1. The van der Waals surface area contributed by atoms with Gasteiger partial charge in [-0.3, -0.25) is 4.40 Å². The number of hydrogen-bond acceptors (Lipinski definition) is 4. The second kappa shape index (κ2) is 5.83. The van der Waals surface area contributed by atoms with Crippen LogP contribution in [0.2, 0.25) is 0 Å². The second-order valence-corrected chi connectivity index (χ2v) is 9.74. The molecule has 0 aliphatic rings. The number of nitriles is 2. The SMILES string of the molecule is N#CC(C#N)=Cc1cc2sc3c(c4cccc5ccc6c7ccccc7n3c6c54)c2s1. The van der Waals surface area contributed by atoms with Crippen molar-refractivity contribution < 1.29 is 0 Å². The molecule has 0 bridgehead atoms. The lowest BCUT2D eigenvalue weighted by Gasteiger charge is -2.10. The summed E-state index contributed by atoms with van der Waals surface area (Å²) in [5.41, 5.74) is 2.64. The van der Waals surface area contributed by atoms with Gasteiger partial charge in [0.15, 0.2) is 0 Å². The molecule has 4 heterocycles. The Labute approximate surface area is 184 Å². The van der Waals surface area contributed by atoms with Gasteiger partial charge in [-0.1, -0.05) is 48.5 Å². The zero-order valence-electron chi connectivity index (χ0n) is 16.0. The molecule has 142 valence electrons. The van der Waals surface area contributed by atoms with Gasteiger partial charge in [0, 0.05) is 31.1 Å². The molecule has 3 nitrogen and oxygen atoms in total. The lowest BCUT2D eigenvalue weighted by Crippen LogP contribution is -1.89. The van der Waals surface area contributed by atoms with E-state index in [4.69, 9.17) is 10.5 Å². The van der Waals surface area contributed by atoms with E-state index in [2.05, 4.69) is 65.1 Å². The van der Waals surface area contributed by atoms with Crippen molar-refractivity contribution in [2.45, 2.75) is 0 Å². The zero-order valence-corrected chi connectivity index (χ0v) is 17.6. The Morgan fingerprint density at radius 1 is 0.839 bits per heavy atom. The van der Waals surface area contributed by atoms with E-state index in [1.807, 2.05) is 12.1 Å². The van der Waals surface area contributed by atoms with Crippen LogP contribution in [0.5, 0.6) is 0 Å². The number of allylic oxidation sites excluding steroid dienone is 1. The summed E-state index contributed by atoms with van der Waals surface area (Å²) in [4.78, 5) is 2.19. The smallest absolute Gasteiger partial charge is 0.131 e. The van der Waals surface area contributed by atoms with Crippen LogP contribution in [-0.2, 0) is 0 Å². The maximum absolute atomic E-state index is 9.14. The van der Waals surface area contributed by atoms with Gasteiger partial charge in [-0.2, -0.15) is 10.5 Å².